The Labute approximate surface area is 128 Å². The van der Waals surface area contributed by atoms with Crippen molar-refractivity contribution in [2.45, 2.75) is 38.6 Å². The Morgan fingerprint density at radius 3 is 2.35 bits per heavy atom. The summed E-state index contributed by atoms with van der Waals surface area (Å²) in [4.78, 5) is 14.4. The Morgan fingerprint density at radius 2 is 1.75 bits per heavy atom. The third-order valence-electron chi connectivity index (χ3n) is 5.21. The molecule has 2 atom stereocenters. The first kappa shape index (κ1) is 16.1. The molecule has 1 saturated carbocycles. The molecule has 0 aromatic heterocycles. The van der Waals surface area contributed by atoms with Gasteiger partial charge >= 0.3 is 0 Å². The molecular weight excluding hydrogens is 274 g/mol. The van der Waals surface area contributed by atoms with E-state index >= 15 is 0 Å². The molecule has 3 aliphatic rings. The summed E-state index contributed by atoms with van der Waals surface area (Å²) in [5.41, 5.74) is 0. The van der Waals surface area contributed by atoms with Gasteiger partial charge in [-0.2, -0.15) is 0 Å². The monoisotopic (exact) mass is 301 g/mol. The summed E-state index contributed by atoms with van der Waals surface area (Å²) in [6.07, 6.45) is 4.87. The molecule has 1 aliphatic carbocycles. The summed E-state index contributed by atoms with van der Waals surface area (Å²) in [7, 11) is 0. The Kier molecular flexibility index (Phi) is 5.70. The van der Waals surface area contributed by atoms with Crippen LogP contribution in [0.5, 0.6) is 0 Å². The Balaban J connectivity index is 0.00000147. The van der Waals surface area contributed by atoms with Gasteiger partial charge in [-0.05, 0) is 56.5 Å². The minimum absolute atomic E-state index is 0. The van der Waals surface area contributed by atoms with Gasteiger partial charge in [-0.3, -0.25) is 9.69 Å². The number of nitrogens with one attached hydrogen (secondary N) is 2. The largest absolute Gasteiger partial charge is 0.352 e. The van der Waals surface area contributed by atoms with Crippen LogP contribution in [0.25, 0.3) is 0 Å². The Morgan fingerprint density at radius 1 is 1.15 bits per heavy atom. The lowest BCUT2D eigenvalue weighted by Crippen LogP contribution is -2.43. The van der Waals surface area contributed by atoms with E-state index in [9.17, 15) is 4.79 Å². The highest BCUT2D eigenvalue weighted by atomic mass is 35.5. The second-order valence-corrected chi connectivity index (χ2v) is 6.90. The van der Waals surface area contributed by atoms with Crippen molar-refractivity contribution >= 4 is 18.3 Å². The number of hydrogen-bond acceptors (Lipinski definition) is 3. The number of hydrogen-bond donors (Lipinski definition) is 2. The molecule has 3 rings (SSSR count). The fourth-order valence-corrected chi connectivity index (χ4v) is 3.96. The van der Waals surface area contributed by atoms with Gasteiger partial charge in [0.25, 0.3) is 0 Å². The maximum Gasteiger partial charge on any atom is 0.234 e. The minimum Gasteiger partial charge on any atom is -0.352 e. The van der Waals surface area contributed by atoms with Crippen LogP contribution in [0, 0.1) is 17.8 Å². The van der Waals surface area contributed by atoms with Crippen molar-refractivity contribution in [3.63, 3.8) is 0 Å². The highest BCUT2D eigenvalue weighted by molar-refractivity contribution is 5.85. The zero-order valence-corrected chi connectivity index (χ0v) is 13.3. The normalized spacial score (nSPS) is 37.2. The maximum absolute atomic E-state index is 12.1. The van der Waals surface area contributed by atoms with Gasteiger partial charge in [0.2, 0.25) is 5.91 Å². The van der Waals surface area contributed by atoms with Gasteiger partial charge in [-0.15, -0.1) is 12.4 Å². The van der Waals surface area contributed by atoms with Gasteiger partial charge in [0.05, 0.1) is 6.54 Å². The molecular formula is C15H28ClN3O. The second-order valence-electron chi connectivity index (χ2n) is 6.90. The highest BCUT2D eigenvalue weighted by Gasteiger charge is 2.36. The number of likely N-dealkylation sites (tertiary alicyclic amines) is 1. The molecule has 0 unspecified atom stereocenters. The van der Waals surface area contributed by atoms with Gasteiger partial charge in [0.15, 0.2) is 0 Å². The van der Waals surface area contributed by atoms with Gasteiger partial charge in [-0.1, -0.05) is 6.92 Å². The number of amides is 1. The fraction of sp³-hybridized carbons (Fsp3) is 0.933. The molecule has 2 aliphatic heterocycles. The number of rotatable bonds is 3. The topological polar surface area (TPSA) is 44.4 Å². The van der Waals surface area contributed by atoms with Crippen LogP contribution in [0.1, 0.15) is 32.6 Å². The van der Waals surface area contributed by atoms with E-state index in [1.807, 2.05) is 0 Å². The van der Waals surface area contributed by atoms with Crippen LogP contribution in [0.3, 0.4) is 0 Å². The number of fused-ring (bicyclic) bond motifs is 1. The average molecular weight is 302 g/mol. The summed E-state index contributed by atoms with van der Waals surface area (Å²) >= 11 is 0. The number of carbonyl (C=O) groups is 1. The van der Waals surface area contributed by atoms with E-state index in [1.165, 1.54) is 25.7 Å². The first-order valence-electron chi connectivity index (χ1n) is 7.93. The number of carbonyl (C=O) groups excluding carboxylic acids is 1. The van der Waals surface area contributed by atoms with Crippen LogP contribution < -0.4 is 10.6 Å². The van der Waals surface area contributed by atoms with Crippen molar-refractivity contribution in [2.75, 3.05) is 32.7 Å². The first-order chi connectivity index (χ1) is 9.20. The lowest BCUT2D eigenvalue weighted by atomic mass is 9.87. The summed E-state index contributed by atoms with van der Waals surface area (Å²) in [6.45, 7) is 7.42. The van der Waals surface area contributed by atoms with Gasteiger partial charge < -0.3 is 10.6 Å². The fourth-order valence-electron chi connectivity index (χ4n) is 3.96. The predicted octanol–water partition coefficient (Wildman–Crippen LogP) is 1.25. The Bertz CT molecular complexity index is 319. The Hall–Kier alpha value is -0.320. The molecule has 0 aromatic carbocycles. The van der Waals surface area contributed by atoms with E-state index in [0.717, 1.165) is 43.9 Å². The van der Waals surface area contributed by atoms with E-state index in [2.05, 4.69) is 22.5 Å². The summed E-state index contributed by atoms with van der Waals surface area (Å²) < 4.78 is 0. The lowest BCUT2D eigenvalue weighted by Gasteiger charge is -2.27. The summed E-state index contributed by atoms with van der Waals surface area (Å²) in [5.74, 6) is 2.65. The van der Waals surface area contributed by atoms with Crippen LogP contribution in [-0.2, 0) is 4.79 Å². The summed E-state index contributed by atoms with van der Waals surface area (Å²) in [5, 5.41) is 6.68. The van der Waals surface area contributed by atoms with Crippen molar-refractivity contribution in [3.05, 3.63) is 0 Å². The molecule has 0 bridgehead atoms. The van der Waals surface area contributed by atoms with Crippen molar-refractivity contribution in [3.8, 4) is 0 Å². The molecule has 5 heteroatoms. The maximum atomic E-state index is 12.1. The van der Waals surface area contributed by atoms with Crippen molar-refractivity contribution < 1.29 is 4.79 Å². The minimum atomic E-state index is 0. The standard InChI is InChI=1S/C15H27N3O.ClH/c1-11-2-4-14(5-3-11)17-15(19)10-18-8-12-6-16-7-13(12)9-18;/h11-14,16H,2-10H2,1H3,(H,17,19);1H/t11?,12-,13+,14?;. The van der Waals surface area contributed by atoms with Crippen LogP contribution >= 0.6 is 12.4 Å². The molecule has 2 saturated heterocycles. The third kappa shape index (κ3) is 3.86. The van der Waals surface area contributed by atoms with E-state index < -0.39 is 0 Å². The van der Waals surface area contributed by atoms with Gasteiger partial charge in [0.1, 0.15) is 0 Å². The molecule has 0 aromatic rings. The number of nitrogens with zero attached hydrogens (tertiary/aromatic N) is 1. The molecule has 2 heterocycles. The van der Waals surface area contributed by atoms with E-state index in [-0.39, 0.29) is 18.3 Å². The lowest BCUT2D eigenvalue weighted by molar-refractivity contribution is -0.123. The molecule has 116 valence electrons. The van der Waals surface area contributed by atoms with E-state index in [1.54, 1.807) is 0 Å². The first-order valence-corrected chi connectivity index (χ1v) is 7.93. The smallest absolute Gasteiger partial charge is 0.234 e. The second kappa shape index (κ2) is 7.10. The average Bonchev–Trinajstić information content (AvgIpc) is 2.92. The molecule has 3 fully saturated rings. The molecule has 1 amide bonds. The molecule has 2 N–H and O–H groups in total. The van der Waals surface area contributed by atoms with Crippen LogP contribution in [0.4, 0.5) is 0 Å². The molecule has 4 nitrogen and oxygen atoms in total. The molecule has 20 heavy (non-hydrogen) atoms. The van der Waals surface area contributed by atoms with Crippen molar-refractivity contribution in [1.82, 2.24) is 15.5 Å². The van der Waals surface area contributed by atoms with E-state index in [4.69, 9.17) is 0 Å². The van der Waals surface area contributed by atoms with Crippen LogP contribution in [-0.4, -0.2) is 49.6 Å². The number of halogens is 1. The van der Waals surface area contributed by atoms with Gasteiger partial charge in [-0.25, -0.2) is 0 Å². The van der Waals surface area contributed by atoms with Crippen molar-refractivity contribution in [2.24, 2.45) is 17.8 Å². The van der Waals surface area contributed by atoms with Crippen LogP contribution in [0.15, 0.2) is 0 Å². The predicted molar refractivity (Wildman–Crippen MR) is 83.1 cm³/mol. The third-order valence-corrected chi connectivity index (χ3v) is 5.21. The zero-order valence-electron chi connectivity index (χ0n) is 12.4. The highest BCUT2D eigenvalue weighted by Crippen LogP contribution is 2.26. The zero-order chi connectivity index (χ0) is 13.2. The van der Waals surface area contributed by atoms with Crippen LogP contribution in [0.2, 0.25) is 0 Å². The SMILES string of the molecule is CC1CCC(NC(=O)CN2C[C@H]3CNC[C@H]3C2)CC1.Cl. The molecule has 0 spiro atoms. The van der Waals surface area contributed by atoms with Crippen molar-refractivity contribution in [1.29, 1.82) is 0 Å². The summed E-state index contributed by atoms with van der Waals surface area (Å²) in [6, 6.07) is 0.437. The van der Waals surface area contributed by atoms with Gasteiger partial charge in [0, 0.05) is 19.1 Å². The quantitative estimate of drug-likeness (QED) is 0.825. The van der Waals surface area contributed by atoms with E-state index in [0.29, 0.717) is 12.6 Å². The molecule has 0 radical (unpaired) electrons.